The van der Waals surface area contributed by atoms with Crippen LogP contribution in [-0.2, 0) is 0 Å². The van der Waals surface area contributed by atoms with Crippen molar-refractivity contribution in [3.8, 4) is 0 Å². The van der Waals surface area contributed by atoms with E-state index >= 15 is 0 Å². The molecule has 1 atom stereocenters. The highest BCUT2D eigenvalue weighted by Gasteiger charge is 2.19. The van der Waals surface area contributed by atoms with Gasteiger partial charge < -0.3 is 5.11 Å². The maximum atomic E-state index is 14.1. The Kier molecular flexibility index (Phi) is 4.07. The molecule has 1 N–H and O–H groups in total. The summed E-state index contributed by atoms with van der Waals surface area (Å²) in [4.78, 5) is 0. The smallest absolute Gasteiger partial charge is 0.129 e. The van der Waals surface area contributed by atoms with Crippen molar-refractivity contribution in [1.29, 1.82) is 0 Å². The van der Waals surface area contributed by atoms with E-state index in [1.807, 2.05) is 45.0 Å². The van der Waals surface area contributed by atoms with Crippen molar-refractivity contribution in [2.24, 2.45) is 0 Å². The molecule has 19 heavy (non-hydrogen) atoms. The highest BCUT2D eigenvalue weighted by molar-refractivity contribution is 9.10. The van der Waals surface area contributed by atoms with Gasteiger partial charge in [-0.2, -0.15) is 0 Å². The van der Waals surface area contributed by atoms with Gasteiger partial charge in [0.1, 0.15) is 11.9 Å². The Morgan fingerprint density at radius 2 is 1.74 bits per heavy atom. The molecule has 0 aliphatic heterocycles. The maximum Gasteiger partial charge on any atom is 0.129 e. The minimum atomic E-state index is -0.936. The van der Waals surface area contributed by atoms with E-state index in [9.17, 15) is 9.50 Å². The minimum Gasteiger partial charge on any atom is -0.384 e. The van der Waals surface area contributed by atoms with Crippen molar-refractivity contribution in [3.63, 3.8) is 0 Å². The first kappa shape index (κ1) is 14.2. The van der Waals surface area contributed by atoms with E-state index in [-0.39, 0.29) is 5.82 Å². The van der Waals surface area contributed by atoms with Crippen LogP contribution in [0.2, 0.25) is 0 Å². The molecule has 0 aliphatic rings. The average Bonchev–Trinajstić information content (AvgIpc) is 2.26. The van der Waals surface area contributed by atoms with Crippen LogP contribution in [0.3, 0.4) is 0 Å². The summed E-state index contributed by atoms with van der Waals surface area (Å²) in [6.07, 6.45) is -0.936. The van der Waals surface area contributed by atoms with Gasteiger partial charge in [0, 0.05) is 10.0 Å². The van der Waals surface area contributed by atoms with E-state index in [0.29, 0.717) is 5.56 Å². The molecule has 0 radical (unpaired) electrons. The van der Waals surface area contributed by atoms with Crippen molar-refractivity contribution in [1.82, 2.24) is 0 Å². The van der Waals surface area contributed by atoms with Crippen LogP contribution in [0.25, 0.3) is 0 Å². The second kappa shape index (κ2) is 5.43. The van der Waals surface area contributed by atoms with Gasteiger partial charge in [0.05, 0.1) is 0 Å². The molecule has 0 amide bonds. The first-order valence-corrected chi connectivity index (χ1v) is 6.90. The highest BCUT2D eigenvalue weighted by atomic mass is 79.9. The first-order valence-electron chi connectivity index (χ1n) is 6.11. The Labute approximate surface area is 121 Å². The lowest BCUT2D eigenvalue weighted by atomic mass is 9.93. The van der Waals surface area contributed by atoms with Crippen LogP contribution in [0.15, 0.2) is 34.8 Å². The summed E-state index contributed by atoms with van der Waals surface area (Å²) in [5.74, 6) is -0.354. The van der Waals surface area contributed by atoms with Crippen molar-refractivity contribution < 1.29 is 9.50 Å². The number of hydrogen-bond acceptors (Lipinski definition) is 1. The van der Waals surface area contributed by atoms with Crippen molar-refractivity contribution in [2.45, 2.75) is 26.9 Å². The Balaban J connectivity index is 2.53. The van der Waals surface area contributed by atoms with Gasteiger partial charge in [-0.1, -0.05) is 28.1 Å². The van der Waals surface area contributed by atoms with Gasteiger partial charge in [0.2, 0.25) is 0 Å². The van der Waals surface area contributed by atoms with E-state index in [4.69, 9.17) is 0 Å². The van der Waals surface area contributed by atoms with E-state index in [0.717, 1.165) is 26.7 Å². The van der Waals surface area contributed by atoms with Crippen LogP contribution < -0.4 is 0 Å². The van der Waals surface area contributed by atoms with Crippen LogP contribution in [0, 0.1) is 26.6 Å². The Morgan fingerprint density at radius 1 is 1.05 bits per heavy atom. The van der Waals surface area contributed by atoms with Crippen molar-refractivity contribution in [2.75, 3.05) is 0 Å². The minimum absolute atomic E-state index is 0.354. The van der Waals surface area contributed by atoms with E-state index < -0.39 is 6.10 Å². The van der Waals surface area contributed by atoms with Gasteiger partial charge in [-0.15, -0.1) is 0 Å². The number of aryl methyl sites for hydroxylation is 3. The molecule has 0 saturated carbocycles. The normalized spacial score (nSPS) is 12.5. The Hall–Kier alpha value is -1.19. The third-order valence-electron chi connectivity index (χ3n) is 3.28. The van der Waals surface area contributed by atoms with E-state index in [2.05, 4.69) is 15.9 Å². The molecule has 2 aromatic carbocycles. The SMILES string of the molecule is Cc1cc(C)c(C(O)c2ccc(Br)cc2C)c(F)c1. The molecule has 2 aromatic rings. The molecule has 3 heteroatoms. The predicted molar refractivity (Wildman–Crippen MR) is 78.8 cm³/mol. The van der Waals surface area contributed by atoms with Crippen LogP contribution in [-0.4, -0.2) is 5.11 Å². The van der Waals surface area contributed by atoms with Gasteiger partial charge in [0.25, 0.3) is 0 Å². The third-order valence-corrected chi connectivity index (χ3v) is 3.77. The van der Waals surface area contributed by atoms with Crippen molar-refractivity contribution in [3.05, 3.63) is 68.4 Å². The van der Waals surface area contributed by atoms with Gasteiger partial charge in [-0.25, -0.2) is 4.39 Å². The summed E-state index contributed by atoms with van der Waals surface area (Å²) in [6.45, 7) is 5.57. The number of benzene rings is 2. The molecule has 0 aromatic heterocycles. The van der Waals surface area contributed by atoms with Gasteiger partial charge >= 0.3 is 0 Å². The molecule has 100 valence electrons. The molecule has 0 spiro atoms. The summed E-state index contributed by atoms with van der Waals surface area (Å²) in [7, 11) is 0. The van der Waals surface area contributed by atoms with Crippen LogP contribution in [0.5, 0.6) is 0 Å². The molecule has 0 heterocycles. The molecule has 0 aliphatic carbocycles. The molecular formula is C16H16BrFO. The van der Waals surface area contributed by atoms with Crippen LogP contribution in [0.4, 0.5) is 4.39 Å². The second-order valence-corrected chi connectivity index (χ2v) is 5.80. The molecule has 1 unspecified atom stereocenters. The highest BCUT2D eigenvalue weighted by Crippen LogP contribution is 2.31. The molecule has 2 rings (SSSR count). The largest absolute Gasteiger partial charge is 0.384 e. The fourth-order valence-electron chi connectivity index (χ4n) is 2.37. The second-order valence-electron chi connectivity index (χ2n) is 4.88. The first-order chi connectivity index (χ1) is 8.90. The zero-order valence-corrected chi connectivity index (χ0v) is 12.8. The summed E-state index contributed by atoms with van der Waals surface area (Å²) in [5, 5.41) is 10.5. The van der Waals surface area contributed by atoms with Gasteiger partial charge in [-0.3, -0.25) is 0 Å². The summed E-state index contributed by atoms with van der Waals surface area (Å²) in [5.41, 5.74) is 3.65. The fraction of sp³-hybridized carbons (Fsp3) is 0.250. The van der Waals surface area contributed by atoms with Gasteiger partial charge in [0.15, 0.2) is 0 Å². The quantitative estimate of drug-likeness (QED) is 0.857. The zero-order chi connectivity index (χ0) is 14.2. The summed E-state index contributed by atoms with van der Waals surface area (Å²) >= 11 is 3.38. The third kappa shape index (κ3) is 2.88. The maximum absolute atomic E-state index is 14.1. The number of halogens is 2. The van der Waals surface area contributed by atoms with Crippen LogP contribution in [0.1, 0.15) is 33.9 Å². The molecular weight excluding hydrogens is 307 g/mol. The fourth-order valence-corrected chi connectivity index (χ4v) is 2.85. The number of hydrogen-bond donors (Lipinski definition) is 1. The molecule has 1 nitrogen and oxygen atoms in total. The lowest BCUT2D eigenvalue weighted by Crippen LogP contribution is -2.07. The standard InChI is InChI=1S/C16H16BrFO/c1-9-6-11(3)15(14(18)7-9)16(19)13-5-4-12(17)8-10(13)2/h4-8,16,19H,1-3H3. The number of aliphatic hydroxyl groups is 1. The monoisotopic (exact) mass is 322 g/mol. The lowest BCUT2D eigenvalue weighted by molar-refractivity contribution is 0.213. The van der Waals surface area contributed by atoms with E-state index in [1.165, 1.54) is 6.07 Å². The Morgan fingerprint density at radius 3 is 2.32 bits per heavy atom. The number of rotatable bonds is 2. The summed E-state index contributed by atoms with van der Waals surface area (Å²) in [6, 6.07) is 8.94. The lowest BCUT2D eigenvalue weighted by Gasteiger charge is -2.18. The topological polar surface area (TPSA) is 20.2 Å². The number of aliphatic hydroxyl groups excluding tert-OH is 1. The zero-order valence-electron chi connectivity index (χ0n) is 11.2. The Bertz CT molecular complexity index is 599. The van der Waals surface area contributed by atoms with E-state index in [1.54, 1.807) is 0 Å². The summed E-state index contributed by atoms with van der Waals surface area (Å²) < 4.78 is 15.0. The van der Waals surface area contributed by atoms with Gasteiger partial charge in [-0.05, 0) is 61.2 Å². The molecule has 0 fully saturated rings. The van der Waals surface area contributed by atoms with Crippen LogP contribution >= 0.6 is 15.9 Å². The predicted octanol–water partition coefficient (Wildman–Crippen LogP) is 4.60. The molecule has 0 saturated heterocycles. The molecule has 0 bridgehead atoms. The van der Waals surface area contributed by atoms with Crippen molar-refractivity contribution >= 4 is 15.9 Å². The average molecular weight is 323 g/mol.